The maximum absolute atomic E-state index is 11.5. The van der Waals surface area contributed by atoms with Crippen molar-refractivity contribution in [1.82, 2.24) is 10.3 Å². The molecular weight excluding hydrogens is 415 g/mol. The first kappa shape index (κ1) is 19.8. The van der Waals surface area contributed by atoms with Gasteiger partial charge >= 0.3 is 0 Å². The predicted molar refractivity (Wildman–Crippen MR) is 122 cm³/mol. The SMILES string of the molecule is OC(c1cc([C@]23CC4CC[C@H](C[C@H]4C2)C3)nc2c(Cl)cc(Cl)cc12)C1CCCCN1. The number of pyridine rings is 1. The van der Waals surface area contributed by atoms with Crippen LogP contribution in [0.4, 0.5) is 0 Å². The van der Waals surface area contributed by atoms with Gasteiger partial charge in [-0.3, -0.25) is 4.98 Å². The average molecular weight is 445 g/mol. The van der Waals surface area contributed by atoms with E-state index >= 15 is 0 Å². The van der Waals surface area contributed by atoms with Crippen LogP contribution in [0.25, 0.3) is 10.9 Å². The van der Waals surface area contributed by atoms with Crippen molar-refractivity contribution in [3.63, 3.8) is 0 Å². The fourth-order valence-electron chi connectivity index (χ4n) is 7.41. The van der Waals surface area contributed by atoms with Gasteiger partial charge in [0, 0.05) is 27.6 Å². The van der Waals surface area contributed by atoms with Gasteiger partial charge in [0.2, 0.25) is 0 Å². The van der Waals surface area contributed by atoms with Crippen LogP contribution in [0.15, 0.2) is 18.2 Å². The number of benzene rings is 1. The summed E-state index contributed by atoms with van der Waals surface area (Å²) in [5, 5.41) is 17.1. The Morgan fingerprint density at radius 3 is 2.73 bits per heavy atom. The third-order valence-electron chi connectivity index (χ3n) is 8.69. The molecule has 4 fully saturated rings. The zero-order chi connectivity index (χ0) is 20.5. The summed E-state index contributed by atoms with van der Waals surface area (Å²) in [7, 11) is 0. The normalized spacial score (nSPS) is 36.4. The molecule has 2 heterocycles. The summed E-state index contributed by atoms with van der Waals surface area (Å²) in [4.78, 5) is 5.17. The van der Waals surface area contributed by atoms with E-state index in [1.807, 2.05) is 6.07 Å². The summed E-state index contributed by atoms with van der Waals surface area (Å²) in [6.45, 7) is 0.966. The van der Waals surface area contributed by atoms with Crippen LogP contribution in [0.2, 0.25) is 10.0 Å². The molecule has 30 heavy (non-hydrogen) atoms. The molecule has 3 nitrogen and oxygen atoms in total. The Balaban J connectivity index is 1.51. The van der Waals surface area contributed by atoms with E-state index in [9.17, 15) is 5.11 Å². The molecule has 3 saturated carbocycles. The molecule has 4 aliphatic rings. The highest BCUT2D eigenvalue weighted by Crippen LogP contribution is 2.62. The third kappa shape index (κ3) is 3.11. The number of fused-ring (bicyclic) bond motifs is 3. The van der Waals surface area contributed by atoms with Crippen molar-refractivity contribution < 1.29 is 5.11 Å². The van der Waals surface area contributed by atoms with Gasteiger partial charge in [0.15, 0.2) is 0 Å². The number of rotatable bonds is 3. The first-order valence-corrected chi connectivity index (χ1v) is 12.5. The van der Waals surface area contributed by atoms with Crippen molar-refractivity contribution in [1.29, 1.82) is 0 Å². The van der Waals surface area contributed by atoms with Gasteiger partial charge in [0.05, 0.1) is 16.6 Å². The zero-order valence-corrected chi connectivity index (χ0v) is 18.9. The monoisotopic (exact) mass is 444 g/mol. The standard InChI is InChI=1S/C25H30Cl2N2O/c26-17-8-18-19(24(30)21-3-1-2-6-28-21)10-22(29-23(18)20(27)9-17)25-11-14-4-5-15(12-25)16(7-14)13-25/h8-10,14-16,21,24,28,30H,1-7,11-13H2/t14-,15?,16+,21?,24?,25-/m1/s1. The molecule has 1 aromatic heterocycles. The van der Waals surface area contributed by atoms with E-state index in [1.54, 1.807) is 6.07 Å². The average Bonchev–Trinajstić information content (AvgIpc) is 2.92. The molecule has 2 aromatic rings. The number of aliphatic hydroxyl groups excluding tert-OH is 1. The van der Waals surface area contributed by atoms with Crippen molar-refractivity contribution in [3.05, 3.63) is 39.5 Å². The van der Waals surface area contributed by atoms with E-state index in [2.05, 4.69) is 11.4 Å². The van der Waals surface area contributed by atoms with Gasteiger partial charge in [0.25, 0.3) is 0 Å². The number of hydrogen-bond donors (Lipinski definition) is 2. The van der Waals surface area contributed by atoms with Crippen molar-refractivity contribution in [2.45, 2.75) is 75.3 Å². The number of nitrogens with one attached hydrogen (secondary N) is 1. The van der Waals surface area contributed by atoms with Crippen LogP contribution in [0.5, 0.6) is 0 Å². The molecule has 1 aliphatic heterocycles. The zero-order valence-electron chi connectivity index (χ0n) is 17.3. The fourth-order valence-corrected chi connectivity index (χ4v) is 7.94. The Bertz CT molecular complexity index is 985. The lowest BCUT2D eigenvalue weighted by molar-refractivity contribution is 0.114. The Morgan fingerprint density at radius 1 is 1.03 bits per heavy atom. The van der Waals surface area contributed by atoms with Crippen LogP contribution in [0, 0.1) is 17.8 Å². The molecule has 5 heteroatoms. The minimum atomic E-state index is -0.571. The number of aliphatic hydroxyl groups is 1. The van der Waals surface area contributed by atoms with Gasteiger partial charge in [0.1, 0.15) is 0 Å². The molecule has 0 spiro atoms. The second kappa shape index (κ2) is 7.33. The molecule has 160 valence electrons. The summed E-state index contributed by atoms with van der Waals surface area (Å²) >= 11 is 13.0. The number of hydrogen-bond acceptors (Lipinski definition) is 3. The lowest BCUT2D eigenvalue weighted by atomic mass is 9.66. The summed E-state index contributed by atoms with van der Waals surface area (Å²) < 4.78 is 0. The largest absolute Gasteiger partial charge is 0.387 e. The highest BCUT2D eigenvalue weighted by Gasteiger charge is 2.54. The highest BCUT2D eigenvalue weighted by atomic mass is 35.5. The third-order valence-corrected chi connectivity index (χ3v) is 9.20. The van der Waals surface area contributed by atoms with E-state index in [1.165, 1.54) is 50.6 Å². The van der Waals surface area contributed by atoms with Gasteiger partial charge in [-0.2, -0.15) is 0 Å². The Hall–Kier alpha value is -0.870. The van der Waals surface area contributed by atoms with Gasteiger partial charge in [-0.25, -0.2) is 0 Å². The lowest BCUT2D eigenvalue weighted by Gasteiger charge is -2.40. The van der Waals surface area contributed by atoms with E-state index in [-0.39, 0.29) is 11.5 Å². The van der Waals surface area contributed by atoms with Crippen LogP contribution < -0.4 is 5.32 Å². The maximum atomic E-state index is 11.5. The Morgan fingerprint density at radius 2 is 1.90 bits per heavy atom. The fraction of sp³-hybridized carbons (Fsp3) is 0.640. The van der Waals surface area contributed by atoms with Gasteiger partial charge in [-0.15, -0.1) is 0 Å². The minimum absolute atomic E-state index is 0.0753. The molecule has 3 aliphatic carbocycles. The second-order valence-electron chi connectivity index (χ2n) is 10.5. The van der Waals surface area contributed by atoms with Crippen LogP contribution >= 0.6 is 23.2 Å². The number of piperidine rings is 1. The van der Waals surface area contributed by atoms with Crippen molar-refractivity contribution in [3.8, 4) is 0 Å². The summed E-state index contributed by atoms with van der Waals surface area (Å²) in [6, 6.07) is 6.02. The van der Waals surface area contributed by atoms with Crippen LogP contribution in [-0.2, 0) is 5.41 Å². The molecule has 6 atom stereocenters. The number of aromatic nitrogens is 1. The van der Waals surface area contributed by atoms with E-state index in [4.69, 9.17) is 28.2 Å². The van der Waals surface area contributed by atoms with E-state index in [0.717, 1.165) is 53.6 Å². The van der Waals surface area contributed by atoms with E-state index < -0.39 is 6.10 Å². The predicted octanol–water partition coefficient (Wildman–Crippen LogP) is 6.18. The number of halogens is 2. The molecule has 2 N–H and O–H groups in total. The summed E-state index contributed by atoms with van der Waals surface area (Å²) in [5.74, 6) is 2.56. The molecular formula is C25H30Cl2N2O. The van der Waals surface area contributed by atoms with Crippen LogP contribution in [0.3, 0.4) is 0 Å². The lowest BCUT2D eigenvalue weighted by Crippen LogP contribution is -2.39. The van der Waals surface area contributed by atoms with Gasteiger partial charge < -0.3 is 10.4 Å². The van der Waals surface area contributed by atoms with Crippen molar-refractivity contribution >= 4 is 34.1 Å². The Kier molecular flexibility index (Phi) is 4.84. The number of nitrogens with zero attached hydrogens (tertiary/aromatic N) is 1. The first-order valence-electron chi connectivity index (χ1n) is 11.7. The van der Waals surface area contributed by atoms with Crippen molar-refractivity contribution in [2.24, 2.45) is 17.8 Å². The van der Waals surface area contributed by atoms with Crippen LogP contribution in [0.1, 0.15) is 75.1 Å². The smallest absolute Gasteiger partial charge is 0.0950 e. The van der Waals surface area contributed by atoms with Gasteiger partial charge in [-0.1, -0.05) is 36.0 Å². The molecule has 0 radical (unpaired) electrons. The molecule has 1 aromatic carbocycles. The Labute approximate surface area is 188 Å². The van der Waals surface area contributed by atoms with Gasteiger partial charge in [-0.05, 0) is 93.0 Å². The topological polar surface area (TPSA) is 45.2 Å². The first-order chi connectivity index (χ1) is 14.5. The second-order valence-corrected chi connectivity index (χ2v) is 11.3. The molecule has 3 unspecified atom stereocenters. The molecule has 0 amide bonds. The molecule has 1 saturated heterocycles. The summed E-state index contributed by atoms with van der Waals surface area (Å²) in [5.41, 5.74) is 3.09. The van der Waals surface area contributed by atoms with E-state index in [0.29, 0.717) is 10.0 Å². The van der Waals surface area contributed by atoms with Crippen LogP contribution in [-0.4, -0.2) is 22.7 Å². The quantitative estimate of drug-likeness (QED) is 0.593. The molecule has 3 bridgehead atoms. The minimum Gasteiger partial charge on any atom is -0.387 e. The highest BCUT2D eigenvalue weighted by molar-refractivity contribution is 6.38. The van der Waals surface area contributed by atoms with Crippen molar-refractivity contribution in [2.75, 3.05) is 6.54 Å². The molecule has 6 rings (SSSR count). The summed E-state index contributed by atoms with van der Waals surface area (Å²) in [6.07, 6.45) is 10.7. The maximum Gasteiger partial charge on any atom is 0.0950 e.